The fraction of sp³-hybridized carbons (Fsp3) is 0.643. The first kappa shape index (κ1) is 14.8. The van der Waals surface area contributed by atoms with Crippen LogP contribution in [0.2, 0.25) is 0 Å². The Bertz CT molecular complexity index is 298. The van der Waals surface area contributed by atoms with E-state index in [1.54, 1.807) is 0 Å². The molecule has 16 heavy (non-hydrogen) atoms. The molecule has 0 rings (SSSR count). The van der Waals surface area contributed by atoms with Crippen LogP contribution < -0.4 is 0 Å². The highest BCUT2D eigenvalue weighted by Gasteiger charge is 2.11. The number of esters is 1. The first-order valence-corrected chi connectivity index (χ1v) is 5.79. The monoisotopic (exact) mass is 222 g/mol. The van der Waals surface area contributed by atoms with Crippen molar-refractivity contribution in [2.24, 2.45) is 5.92 Å². The Balaban J connectivity index is 4.42. The van der Waals surface area contributed by atoms with Crippen molar-refractivity contribution < 1.29 is 9.53 Å². The zero-order valence-corrected chi connectivity index (χ0v) is 11.0. The van der Waals surface area contributed by atoms with Gasteiger partial charge in [0, 0.05) is 12.5 Å². The maximum absolute atomic E-state index is 11.4. The molecule has 0 aromatic carbocycles. The fourth-order valence-electron chi connectivity index (χ4n) is 1.19. The Hall–Kier alpha value is -1.23. The van der Waals surface area contributed by atoms with Gasteiger partial charge in [0.1, 0.15) is 0 Å². The van der Waals surface area contributed by atoms with Gasteiger partial charge in [-0.25, -0.2) is 4.79 Å². The largest absolute Gasteiger partial charge is 0.446 e. The zero-order chi connectivity index (χ0) is 12.6. The Morgan fingerprint density at radius 2 is 2.00 bits per heavy atom. The molecule has 1 unspecified atom stereocenters. The second-order valence-electron chi connectivity index (χ2n) is 4.45. The van der Waals surface area contributed by atoms with Gasteiger partial charge in [-0.15, -0.1) is 0 Å². The summed E-state index contributed by atoms with van der Waals surface area (Å²) in [6.07, 6.45) is 2.80. The van der Waals surface area contributed by atoms with Crippen LogP contribution >= 0.6 is 0 Å². The van der Waals surface area contributed by atoms with Crippen molar-refractivity contribution in [1.82, 2.24) is 0 Å². The molecule has 0 N–H and O–H groups in total. The molecule has 0 aliphatic heterocycles. The molecule has 0 aromatic rings. The molecule has 0 aromatic heterocycles. The van der Waals surface area contributed by atoms with Crippen molar-refractivity contribution >= 4 is 5.97 Å². The van der Waals surface area contributed by atoms with E-state index in [4.69, 9.17) is 4.74 Å². The number of carbonyl (C=O) groups is 1. The molecule has 1 atom stereocenters. The highest BCUT2D eigenvalue weighted by atomic mass is 16.5. The molecular weight excluding hydrogens is 200 g/mol. The topological polar surface area (TPSA) is 26.3 Å². The van der Waals surface area contributed by atoms with E-state index < -0.39 is 0 Å². The predicted octanol–water partition coefficient (Wildman–Crippen LogP) is 3.32. The van der Waals surface area contributed by atoms with Gasteiger partial charge in [0.05, 0.1) is 0 Å². The predicted molar refractivity (Wildman–Crippen MR) is 66.8 cm³/mol. The molecule has 2 heteroatoms. The van der Waals surface area contributed by atoms with Crippen molar-refractivity contribution in [2.75, 3.05) is 0 Å². The van der Waals surface area contributed by atoms with Crippen molar-refractivity contribution in [3.8, 4) is 11.8 Å². The Labute approximate surface area is 99.1 Å². The summed E-state index contributed by atoms with van der Waals surface area (Å²) in [5, 5.41) is 0. The van der Waals surface area contributed by atoms with E-state index in [-0.39, 0.29) is 12.1 Å². The number of ether oxygens (including phenoxy) is 1. The van der Waals surface area contributed by atoms with Gasteiger partial charge in [0.15, 0.2) is 6.10 Å². The van der Waals surface area contributed by atoms with E-state index in [0.717, 1.165) is 18.4 Å². The van der Waals surface area contributed by atoms with Gasteiger partial charge < -0.3 is 4.74 Å². The Kier molecular flexibility index (Phi) is 7.37. The first-order valence-electron chi connectivity index (χ1n) is 5.79. The fourth-order valence-corrected chi connectivity index (χ4v) is 1.19. The summed E-state index contributed by atoms with van der Waals surface area (Å²) in [4.78, 5) is 11.4. The Morgan fingerprint density at radius 3 is 2.44 bits per heavy atom. The van der Waals surface area contributed by atoms with E-state index in [0.29, 0.717) is 5.92 Å². The normalized spacial score (nSPS) is 11.4. The van der Waals surface area contributed by atoms with Crippen LogP contribution in [0.1, 0.15) is 47.5 Å². The molecule has 0 amide bonds. The average Bonchev–Trinajstić information content (AvgIpc) is 2.11. The van der Waals surface area contributed by atoms with Gasteiger partial charge in [-0.3, -0.25) is 0 Å². The number of hydrogen-bond acceptors (Lipinski definition) is 2. The Morgan fingerprint density at radius 1 is 1.38 bits per heavy atom. The number of rotatable bonds is 4. The first-order chi connectivity index (χ1) is 7.45. The molecule has 0 aliphatic carbocycles. The average molecular weight is 222 g/mol. The summed E-state index contributed by atoms with van der Waals surface area (Å²) in [6, 6.07) is 0. The van der Waals surface area contributed by atoms with Crippen LogP contribution in [0.3, 0.4) is 0 Å². The van der Waals surface area contributed by atoms with Gasteiger partial charge in [-0.05, 0) is 26.2 Å². The minimum Gasteiger partial charge on any atom is -0.446 e. The van der Waals surface area contributed by atoms with Crippen LogP contribution in [0, 0.1) is 17.8 Å². The lowest BCUT2D eigenvalue weighted by Gasteiger charge is -2.13. The highest BCUT2D eigenvalue weighted by molar-refractivity contribution is 5.82. The van der Waals surface area contributed by atoms with Crippen LogP contribution in [0.5, 0.6) is 0 Å². The number of carbonyl (C=O) groups excluding carboxylic acids is 1. The van der Waals surface area contributed by atoms with Crippen LogP contribution in [0.15, 0.2) is 11.6 Å². The van der Waals surface area contributed by atoms with Crippen molar-refractivity contribution in [2.45, 2.75) is 53.6 Å². The standard InChI is InChI=1S/C14H22O2/c1-6-7-8-13(9-11(2)3)16-14(15)10-12(4)5/h10-11,13H,6,9H2,1-5H3. The summed E-state index contributed by atoms with van der Waals surface area (Å²) in [5.74, 6) is 6.12. The van der Waals surface area contributed by atoms with Gasteiger partial charge in [-0.2, -0.15) is 0 Å². The summed E-state index contributed by atoms with van der Waals surface area (Å²) >= 11 is 0. The lowest BCUT2D eigenvalue weighted by molar-refractivity contribution is -0.141. The maximum Gasteiger partial charge on any atom is 0.331 e. The van der Waals surface area contributed by atoms with Crippen LogP contribution in [-0.4, -0.2) is 12.1 Å². The quantitative estimate of drug-likeness (QED) is 0.414. The van der Waals surface area contributed by atoms with Gasteiger partial charge in [-0.1, -0.05) is 38.2 Å². The van der Waals surface area contributed by atoms with E-state index in [9.17, 15) is 4.79 Å². The second kappa shape index (κ2) is 7.98. The third-order valence-electron chi connectivity index (χ3n) is 1.79. The van der Waals surface area contributed by atoms with E-state index in [1.807, 2.05) is 20.8 Å². The molecule has 0 saturated carbocycles. The summed E-state index contributed by atoms with van der Waals surface area (Å²) in [5.41, 5.74) is 0.941. The molecule has 0 fully saturated rings. The molecule has 0 bridgehead atoms. The molecule has 0 radical (unpaired) electrons. The third-order valence-corrected chi connectivity index (χ3v) is 1.79. The highest BCUT2D eigenvalue weighted by Crippen LogP contribution is 2.08. The van der Waals surface area contributed by atoms with E-state index >= 15 is 0 Å². The van der Waals surface area contributed by atoms with Crippen LogP contribution in [0.4, 0.5) is 0 Å². The molecule has 0 spiro atoms. The van der Waals surface area contributed by atoms with Gasteiger partial charge >= 0.3 is 5.97 Å². The van der Waals surface area contributed by atoms with Crippen molar-refractivity contribution in [3.05, 3.63) is 11.6 Å². The van der Waals surface area contributed by atoms with Crippen LogP contribution in [0.25, 0.3) is 0 Å². The maximum atomic E-state index is 11.4. The molecule has 0 heterocycles. The van der Waals surface area contributed by atoms with Crippen LogP contribution in [-0.2, 0) is 9.53 Å². The van der Waals surface area contributed by atoms with Gasteiger partial charge in [0.2, 0.25) is 0 Å². The number of allylic oxidation sites excluding steroid dienone is 1. The molecule has 2 nitrogen and oxygen atoms in total. The molecule has 90 valence electrons. The van der Waals surface area contributed by atoms with Gasteiger partial charge in [0.25, 0.3) is 0 Å². The third kappa shape index (κ3) is 8.11. The SMILES string of the molecule is CCC#CC(CC(C)C)OC(=O)C=C(C)C. The van der Waals surface area contributed by atoms with Crippen molar-refractivity contribution in [1.29, 1.82) is 0 Å². The summed E-state index contributed by atoms with van der Waals surface area (Å²) in [6.45, 7) is 9.91. The minimum atomic E-state index is -0.295. The minimum absolute atomic E-state index is 0.275. The molecular formula is C14H22O2. The lowest BCUT2D eigenvalue weighted by atomic mass is 10.1. The molecule has 0 saturated heterocycles. The summed E-state index contributed by atoms with van der Waals surface area (Å²) in [7, 11) is 0. The molecule has 0 aliphatic rings. The van der Waals surface area contributed by atoms with Crippen molar-refractivity contribution in [3.63, 3.8) is 0 Å². The number of hydrogen-bond donors (Lipinski definition) is 0. The second-order valence-corrected chi connectivity index (χ2v) is 4.45. The van der Waals surface area contributed by atoms with E-state index in [1.165, 1.54) is 6.08 Å². The summed E-state index contributed by atoms with van der Waals surface area (Å²) < 4.78 is 5.29. The zero-order valence-electron chi connectivity index (χ0n) is 11.0. The smallest absolute Gasteiger partial charge is 0.331 e. The lowest BCUT2D eigenvalue weighted by Crippen LogP contribution is -2.17. The van der Waals surface area contributed by atoms with E-state index in [2.05, 4.69) is 25.7 Å².